The van der Waals surface area contributed by atoms with Gasteiger partial charge in [0.25, 0.3) is 10.0 Å². The Kier molecular flexibility index (Phi) is 6.63. The second kappa shape index (κ2) is 8.50. The summed E-state index contributed by atoms with van der Waals surface area (Å²) in [7, 11) is -3.78. The molecule has 9 heteroatoms. The molecular weight excluding hydrogens is 360 g/mol. The Morgan fingerprint density at radius 3 is 2.52 bits per heavy atom. The molecule has 0 radical (unpaired) electrons. The van der Waals surface area contributed by atoms with Crippen LogP contribution in [0.25, 0.3) is 0 Å². The molecule has 0 saturated heterocycles. The molecule has 2 rings (SSSR count). The first-order chi connectivity index (χ1) is 11.9. The van der Waals surface area contributed by atoms with Crippen molar-refractivity contribution in [3.8, 4) is 0 Å². The number of carbonyl (C=O) groups is 1. The fourth-order valence-corrected chi connectivity index (χ4v) is 4.18. The Bertz CT molecular complexity index is 847. The third-order valence-electron chi connectivity index (χ3n) is 3.72. The Labute approximate surface area is 151 Å². The number of benzene rings is 1. The van der Waals surface area contributed by atoms with E-state index in [2.05, 4.69) is 33.2 Å². The van der Waals surface area contributed by atoms with Gasteiger partial charge in [-0.3, -0.25) is 4.79 Å². The SMILES string of the molecule is CCC(=O)Nc1nnc(S(=O)(=O)NCc2cc(CC)ccc2CC)s1. The van der Waals surface area contributed by atoms with Gasteiger partial charge in [-0.2, -0.15) is 0 Å². The van der Waals surface area contributed by atoms with Crippen LogP contribution in [0.4, 0.5) is 5.13 Å². The van der Waals surface area contributed by atoms with Gasteiger partial charge in [0.2, 0.25) is 15.4 Å². The molecule has 0 aliphatic heterocycles. The third kappa shape index (κ3) is 5.07. The Hall–Kier alpha value is -1.84. The highest BCUT2D eigenvalue weighted by atomic mass is 32.2. The van der Waals surface area contributed by atoms with Gasteiger partial charge in [0, 0.05) is 13.0 Å². The van der Waals surface area contributed by atoms with Crippen LogP contribution in [0.1, 0.15) is 43.9 Å². The molecule has 0 aliphatic carbocycles. The lowest BCUT2D eigenvalue weighted by Crippen LogP contribution is -2.23. The van der Waals surface area contributed by atoms with Gasteiger partial charge in [-0.15, -0.1) is 10.2 Å². The Morgan fingerprint density at radius 1 is 1.12 bits per heavy atom. The monoisotopic (exact) mass is 382 g/mol. The van der Waals surface area contributed by atoms with Gasteiger partial charge in [-0.25, -0.2) is 13.1 Å². The van der Waals surface area contributed by atoms with Crippen LogP contribution in [0.2, 0.25) is 0 Å². The number of amides is 1. The highest BCUT2D eigenvalue weighted by molar-refractivity contribution is 7.91. The topological polar surface area (TPSA) is 101 Å². The molecule has 1 amide bonds. The molecule has 0 saturated carbocycles. The van der Waals surface area contributed by atoms with Crippen molar-refractivity contribution in [2.24, 2.45) is 0 Å². The van der Waals surface area contributed by atoms with E-state index in [1.807, 2.05) is 19.1 Å². The normalized spacial score (nSPS) is 11.5. The van der Waals surface area contributed by atoms with Gasteiger partial charge in [0.1, 0.15) is 0 Å². The smallest absolute Gasteiger partial charge is 0.270 e. The molecule has 0 bridgehead atoms. The zero-order chi connectivity index (χ0) is 18.4. The van der Waals surface area contributed by atoms with Crippen LogP contribution in [0, 0.1) is 0 Å². The van der Waals surface area contributed by atoms with E-state index < -0.39 is 10.0 Å². The van der Waals surface area contributed by atoms with Crippen LogP contribution >= 0.6 is 11.3 Å². The summed E-state index contributed by atoms with van der Waals surface area (Å²) < 4.78 is 27.2. The summed E-state index contributed by atoms with van der Waals surface area (Å²) in [5.74, 6) is -0.239. The molecule has 0 unspecified atom stereocenters. The number of sulfonamides is 1. The fraction of sp³-hybridized carbons (Fsp3) is 0.438. The predicted molar refractivity (Wildman–Crippen MR) is 98.1 cm³/mol. The molecule has 1 aromatic heterocycles. The summed E-state index contributed by atoms with van der Waals surface area (Å²) in [5, 5.41) is 10.1. The molecule has 0 aliphatic rings. The minimum atomic E-state index is -3.78. The minimum absolute atomic E-state index is 0.163. The average Bonchev–Trinajstić information content (AvgIpc) is 3.09. The van der Waals surface area contributed by atoms with Gasteiger partial charge < -0.3 is 5.32 Å². The van der Waals surface area contributed by atoms with Crippen molar-refractivity contribution in [3.63, 3.8) is 0 Å². The number of aryl methyl sites for hydroxylation is 2. The molecular formula is C16H22N4O3S2. The van der Waals surface area contributed by atoms with Gasteiger partial charge in [-0.05, 0) is 29.5 Å². The lowest BCUT2D eigenvalue weighted by Gasteiger charge is -2.10. The molecule has 1 heterocycles. The van der Waals surface area contributed by atoms with Crippen LogP contribution in [0.5, 0.6) is 0 Å². The van der Waals surface area contributed by atoms with Gasteiger partial charge in [0.05, 0.1) is 0 Å². The molecule has 136 valence electrons. The summed E-state index contributed by atoms with van der Waals surface area (Å²) in [4.78, 5) is 11.3. The van der Waals surface area contributed by atoms with Crippen LogP contribution in [-0.2, 0) is 34.2 Å². The zero-order valence-electron chi connectivity index (χ0n) is 14.5. The van der Waals surface area contributed by atoms with Crippen molar-refractivity contribution in [1.82, 2.24) is 14.9 Å². The number of aromatic nitrogens is 2. The van der Waals surface area contributed by atoms with Crippen LogP contribution in [0.3, 0.4) is 0 Å². The molecule has 7 nitrogen and oxygen atoms in total. The molecule has 2 aromatic rings. The van der Waals surface area contributed by atoms with Gasteiger partial charge >= 0.3 is 0 Å². The maximum Gasteiger partial charge on any atom is 0.270 e. The predicted octanol–water partition coefficient (Wildman–Crippen LogP) is 2.49. The van der Waals surface area contributed by atoms with E-state index in [1.165, 1.54) is 0 Å². The van der Waals surface area contributed by atoms with Crippen molar-refractivity contribution < 1.29 is 13.2 Å². The van der Waals surface area contributed by atoms with Gasteiger partial charge in [-0.1, -0.05) is 50.3 Å². The summed E-state index contributed by atoms with van der Waals surface area (Å²) in [6.07, 6.45) is 2.00. The quantitative estimate of drug-likeness (QED) is 0.683. The first-order valence-electron chi connectivity index (χ1n) is 8.13. The van der Waals surface area contributed by atoms with Crippen LogP contribution in [0.15, 0.2) is 22.5 Å². The van der Waals surface area contributed by atoms with E-state index in [0.717, 1.165) is 40.9 Å². The summed E-state index contributed by atoms with van der Waals surface area (Å²) in [5.41, 5.74) is 3.22. The molecule has 2 N–H and O–H groups in total. The number of anilines is 1. The fourth-order valence-electron chi connectivity index (χ4n) is 2.22. The molecule has 0 atom stereocenters. The summed E-state index contributed by atoms with van der Waals surface area (Å²) in [6, 6.07) is 6.12. The molecule has 0 fully saturated rings. The maximum absolute atomic E-state index is 12.4. The first-order valence-corrected chi connectivity index (χ1v) is 10.4. The van der Waals surface area contributed by atoms with Crippen molar-refractivity contribution in [2.45, 2.75) is 50.9 Å². The van der Waals surface area contributed by atoms with Crippen LogP contribution in [-0.4, -0.2) is 24.5 Å². The third-order valence-corrected chi connectivity index (χ3v) is 6.32. The van der Waals surface area contributed by atoms with E-state index in [1.54, 1.807) is 6.92 Å². The van der Waals surface area contributed by atoms with Crippen molar-refractivity contribution in [1.29, 1.82) is 0 Å². The minimum Gasteiger partial charge on any atom is -0.301 e. The average molecular weight is 383 g/mol. The van der Waals surface area contributed by atoms with Crippen LogP contribution < -0.4 is 10.0 Å². The Morgan fingerprint density at radius 2 is 1.88 bits per heavy atom. The largest absolute Gasteiger partial charge is 0.301 e. The zero-order valence-corrected chi connectivity index (χ0v) is 16.1. The molecule has 25 heavy (non-hydrogen) atoms. The number of nitrogens with zero attached hydrogens (tertiary/aromatic N) is 2. The first kappa shape index (κ1) is 19.5. The van der Waals surface area contributed by atoms with E-state index in [-0.39, 0.29) is 28.3 Å². The number of hydrogen-bond donors (Lipinski definition) is 2. The maximum atomic E-state index is 12.4. The lowest BCUT2D eigenvalue weighted by atomic mass is 10.0. The van der Waals surface area contributed by atoms with Crippen molar-refractivity contribution >= 4 is 32.4 Å². The number of rotatable bonds is 8. The van der Waals surface area contributed by atoms with E-state index in [4.69, 9.17) is 0 Å². The van der Waals surface area contributed by atoms with Crippen molar-refractivity contribution in [2.75, 3.05) is 5.32 Å². The Balaban J connectivity index is 2.13. The molecule has 0 spiro atoms. The second-order valence-electron chi connectivity index (χ2n) is 5.41. The molecule has 1 aromatic carbocycles. The second-order valence-corrected chi connectivity index (χ2v) is 8.33. The van der Waals surface area contributed by atoms with Crippen molar-refractivity contribution in [3.05, 3.63) is 34.9 Å². The lowest BCUT2D eigenvalue weighted by molar-refractivity contribution is -0.115. The van der Waals surface area contributed by atoms with Gasteiger partial charge in [0.15, 0.2) is 0 Å². The van der Waals surface area contributed by atoms with E-state index >= 15 is 0 Å². The number of carbonyl (C=O) groups excluding carboxylic acids is 1. The highest BCUT2D eigenvalue weighted by Gasteiger charge is 2.21. The standard InChI is InChI=1S/C16H22N4O3S2/c1-4-11-7-8-12(5-2)13(9-11)10-17-25(22,23)16-20-19-15(24-16)18-14(21)6-3/h7-9,17H,4-6,10H2,1-3H3,(H,18,19,21). The number of hydrogen-bond acceptors (Lipinski definition) is 6. The van der Waals surface area contributed by atoms with E-state index in [0.29, 0.717) is 0 Å². The van der Waals surface area contributed by atoms with E-state index in [9.17, 15) is 13.2 Å². The summed E-state index contributed by atoms with van der Waals surface area (Å²) >= 11 is 0.832. The summed E-state index contributed by atoms with van der Waals surface area (Å²) in [6.45, 7) is 5.98. The highest BCUT2D eigenvalue weighted by Crippen LogP contribution is 2.21. The number of nitrogens with one attached hydrogen (secondary N) is 2.